The van der Waals surface area contributed by atoms with Gasteiger partial charge in [-0.3, -0.25) is 4.79 Å². The van der Waals surface area contributed by atoms with Crippen LogP contribution in [0.3, 0.4) is 0 Å². The maximum atomic E-state index is 9.00. The average molecular weight is 213 g/mol. The van der Waals surface area contributed by atoms with E-state index in [0.717, 1.165) is 6.92 Å². The van der Waals surface area contributed by atoms with Crippen molar-refractivity contribution in [1.82, 2.24) is 0 Å². The number of rotatable bonds is 0. The minimum Gasteiger partial charge on any atom is -0.481 e. The molecule has 0 aliphatic carbocycles. The van der Waals surface area contributed by atoms with E-state index in [1.54, 1.807) is 6.92 Å². The van der Waals surface area contributed by atoms with Gasteiger partial charge >= 0.3 is 0 Å². The Morgan fingerprint density at radius 2 is 1.62 bits per heavy atom. The molecule has 0 fully saturated rings. The Hall–Kier alpha value is 0.0923. The molecule has 0 saturated carbocycles. The first-order valence-electron chi connectivity index (χ1n) is 1.95. The van der Waals surface area contributed by atoms with Gasteiger partial charge in [-0.05, 0) is 6.92 Å². The van der Waals surface area contributed by atoms with Crippen LogP contribution in [0.4, 0.5) is 0 Å². The molecule has 0 aromatic heterocycles. The zero-order valence-electron chi connectivity index (χ0n) is 4.83. The van der Waals surface area contributed by atoms with Crippen LogP contribution in [-0.2, 0) is 25.2 Å². The molecule has 4 heteroatoms. The van der Waals surface area contributed by atoms with Crippen molar-refractivity contribution in [2.24, 2.45) is 0 Å². The molecule has 2 N–H and O–H groups in total. The van der Waals surface area contributed by atoms with Gasteiger partial charge in [-0.25, -0.2) is 0 Å². The number of aliphatic carboxylic acids is 1. The average Bonchev–Trinajstić information content (AvgIpc) is 1.33. The molecule has 0 atom stereocenters. The minimum atomic E-state index is -0.833. The van der Waals surface area contributed by atoms with Crippen molar-refractivity contribution in [2.75, 3.05) is 6.61 Å². The molecule has 0 aliphatic heterocycles. The van der Waals surface area contributed by atoms with Crippen LogP contribution in [0.15, 0.2) is 0 Å². The molecule has 0 spiro atoms. The number of hydrogen-bond donors (Lipinski definition) is 2. The third kappa shape index (κ3) is 18500. The predicted octanol–water partition coefficient (Wildman–Crippen LogP) is 0.0870. The smallest absolute Gasteiger partial charge is 0.300 e. The van der Waals surface area contributed by atoms with Crippen molar-refractivity contribution in [3.8, 4) is 0 Å². The number of aliphatic hydroxyl groups excluding tert-OH is 1. The van der Waals surface area contributed by atoms with Gasteiger partial charge in [0, 0.05) is 34.0 Å². The van der Waals surface area contributed by atoms with Crippen LogP contribution < -0.4 is 0 Å². The summed E-state index contributed by atoms with van der Waals surface area (Å²) in [7, 11) is 0. The Morgan fingerprint density at radius 3 is 1.62 bits per heavy atom. The standard InChI is InChI=1S/C2H4O2.C2H6O.Pd/c1-2(3)4;1-2-3;/h1H3,(H,3,4);3H,2H2,1H3;. The van der Waals surface area contributed by atoms with Gasteiger partial charge in [-0.1, -0.05) is 0 Å². The summed E-state index contributed by atoms with van der Waals surface area (Å²) >= 11 is 0. The maximum absolute atomic E-state index is 9.00. The molecule has 0 radical (unpaired) electrons. The van der Waals surface area contributed by atoms with Crippen molar-refractivity contribution in [1.29, 1.82) is 0 Å². The van der Waals surface area contributed by atoms with E-state index in [4.69, 9.17) is 15.0 Å². The zero-order chi connectivity index (χ0) is 6.28. The first-order chi connectivity index (χ1) is 3.15. The summed E-state index contributed by atoms with van der Waals surface area (Å²) in [5.74, 6) is -0.833. The molecule has 0 saturated heterocycles. The van der Waals surface area contributed by atoms with Gasteiger partial charge in [-0.2, -0.15) is 0 Å². The monoisotopic (exact) mass is 212 g/mol. The first kappa shape index (κ1) is 15.7. The first-order valence-corrected chi connectivity index (χ1v) is 1.95. The van der Waals surface area contributed by atoms with Crippen molar-refractivity contribution < 1.29 is 35.4 Å². The van der Waals surface area contributed by atoms with Crippen molar-refractivity contribution >= 4 is 5.97 Å². The molecule has 8 heavy (non-hydrogen) atoms. The molecule has 0 heterocycles. The molecule has 0 unspecified atom stereocenters. The molecule has 0 rings (SSSR count). The third-order valence-electron chi connectivity index (χ3n) is 0. The van der Waals surface area contributed by atoms with E-state index in [-0.39, 0.29) is 27.0 Å². The molecule has 0 aromatic rings. The van der Waals surface area contributed by atoms with Gasteiger partial charge in [-0.15, -0.1) is 0 Å². The molecular weight excluding hydrogens is 202 g/mol. The number of carbonyl (C=O) groups is 1. The Bertz CT molecular complexity index is 42.5. The predicted molar refractivity (Wildman–Crippen MR) is 26.1 cm³/mol. The van der Waals surface area contributed by atoms with Gasteiger partial charge in [0.2, 0.25) is 0 Å². The van der Waals surface area contributed by atoms with Crippen molar-refractivity contribution in [3.63, 3.8) is 0 Å². The maximum Gasteiger partial charge on any atom is 0.300 e. The van der Waals surface area contributed by atoms with Crippen LogP contribution in [0, 0.1) is 0 Å². The van der Waals surface area contributed by atoms with Gasteiger partial charge in [0.25, 0.3) is 5.97 Å². The molecular formula is C4H10O3Pd. The minimum absolute atomic E-state index is 0. The van der Waals surface area contributed by atoms with Gasteiger partial charge in [0.15, 0.2) is 0 Å². The number of carboxylic acids is 1. The van der Waals surface area contributed by atoms with E-state index in [1.807, 2.05) is 0 Å². The molecule has 0 amide bonds. The zero-order valence-corrected chi connectivity index (χ0v) is 6.38. The Morgan fingerprint density at radius 1 is 1.62 bits per heavy atom. The van der Waals surface area contributed by atoms with E-state index in [1.165, 1.54) is 0 Å². The molecule has 54 valence electrons. The van der Waals surface area contributed by atoms with Gasteiger partial charge in [0.05, 0.1) is 0 Å². The van der Waals surface area contributed by atoms with Crippen molar-refractivity contribution in [3.05, 3.63) is 0 Å². The summed E-state index contributed by atoms with van der Waals surface area (Å²) in [5.41, 5.74) is 0. The van der Waals surface area contributed by atoms with E-state index in [2.05, 4.69) is 0 Å². The molecule has 3 nitrogen and oxygen atoms in total. The molecule has 0 aromatic carbocycles. The summed E-state index contributed by atoms with van der Waals surface area (Å²) < 4.78 is 0. The largest absolute Gasteiger partial charge is 0.481 e. The number of aliphatic hydroxyl groups is 1. The fraction of sp³-hybridized carbons (Fsp3) is 0.750. The number of hydrogen-bond acceptors (Lipinski definition) is 2. The van der Waals surface area contributed by atoms with Crippen LogP contribution in [0.1, 0.15) is 13.8 Å². The Labute approximate surface area is 62.4 Å². The van der Waals surface area contributed by atoms with Crippen LogP contribution in [0.5, 0.6) is 0 Å². The summed E-state index contributed by atoms with van der Waals surface area (Å²) in [5, 5.41) is 15.0. The van der Waals surface area contributed by atoms with Gasteiger partial charge in [0.1, 0.15) is 0 Å². The quantitative estimate of drug-likeness (QED) is 0.560. The van der Waals surface area contributed by atoms with E-state index in [9.17, 15) is 0 Å². The van der Waals surface area contributed by atoms with Crippen LogP contribution in [-0.4, -0.2) is 22.8 Å². The van der Waals surface area contributed by atoms with Crippen LogP contribution in [0.25, 0.3) is 0 Å². The second-order valence-corrected chi connectivity index (χ2v) is 0.835. The van der Waals surface area contributed by atoms with Crippen LogP contribution in [0.2, 0.25) is 0 Å². The topological polar surface area (TPSA) is 57.5 Å². The number of carboxylic acid groups (broad SMARTS) is 1. The fourth-order valence-electron chi connectivity index (χ4n) is 0. The van der Waals surface area contributed by atoms with Gasteiger partial charge < -0.3 is 10.2 Å². The van der Waals surface area contributed by atoms with Crippen LogP contribution >= 0.6 is 0 Å². The second-order valence-electron chi connectivity index (χ2n) is 0.835. The van der Waals surface area contributed by atoms with Crippen molar-refractivity contribution in [2.45, 2.75) is 13.8 Å². The molecule has 0 aliphatic rings. The third-order valence-corrected chi connectivity index (χ3v) is 0. The molecule has 0 bridgehead atoms. The Balaban J connectivity index is -0.0000000575. The van der Waals surface area contributed by atoms with E-state index >= 15 is 0 Å². The summed E-state index contributed by atoms with van der Waals surface area (Å²) in [4.78, 5) is 9.00. The normalized spacial score (nSPS) is 5.38. The SMILES string of the molecule is CC(=O)O.CCO.[Pd]. The summed E-state index contributed by atoms with van der Waals surface area (Å²) in [6.45, 7) is 3.01. The van der Waals surface area contributed by atoms with E-state index < -0.39 is 5.97 Å². The van der Waals surface area contributed by atoms with E-state index in [0.29, 0.717) is 0 Å². The fourth-order valence-corrected chi connectivity index (χ4v) is 0. The second kappa shape index (κ2) is 15.7. The summed E-state index contributed by atoms with van der Waals surface area (Å²) in [6.07, 6.45) is 0. The summed E-state index contributed by atoms with van der Waals surface area (Å²) in [6, 6.07) is 0. The Kier molecular flexibility index (Phi) is 30.8.